The van der Waals surface area contributed by atoms with Crippen LogP contribution in [0, 0.1) is 11.8 Å². The summed E-state index contributed by atoms with van der Waals surface area (Å²) in [6.07, 6.45) is 5.22. The van der Waals surface area contributed by atoms with Crippen molar-refractivity contribution in [2.75, 3.05) is 24.6 Å². The predicted molar refractivity (Wildman–Crippen MR) is 141 cm³/mol. The van der Waals surface area contributed by atoms with E-state index in [1.807, 2.05) is 0 Å². The van der Waals surface area contributed by atoms with Gasteiger partial charge in [-0.25, -0.2) is 0 Å². The van der Waals surface area contributed by atoms with Crippen LogP contribution in [0.1, 0.15) is 32.1 Å². The highest BCUT2D eigenvalue weighted by atomic mass is 79.9. The lowest BCUT2D eigenvalue weighted by Crippen LogP contribution is -2.55. The van der Waals surface area contributed by atoms with Crippen molar-refractivity contribution in [3.63, 3.8) is 0 Å². The fraction of sp³-hybridized carbons (Fsp3) is 0.560. The fourth-order valence-corrected chi connectivity index (χ4v) is 9.63. The van der Waals surface area contributed by atoms with Crippen LogP contribution >= 0.6 is 39.3 Å². The molecule has 0 radical (unpaired) electrons. The van der Waals surface area contributed by atoms with Crippen molar-refractivity contribution in [1.82, 2.24) is 4.90 Å². The molecule has 3 aliphatic heterocycles. The van der Waals surface area contributed by atoms with Crippen molar-refractivity contribution in [2.45, 2.75) is 53.0 Å². The molecule has 1 aromatic carbocycles. The second-order valence-electron chi connectivity index (χ2n) is 9.39. The average molecular weight is 586 g/mol. The van der Waals surface area contributed by atoms with Crippen LogP contribution in [0.15, 0.2) is 36.9 Å². The molecule has 4 rings (SSSR count). The monoisotopic (exact) mass is 584 g/mol. The molecule has 0 aromatic heterocycles. The zero-order valence-corrected chi connectivity index (χ0v) is 22.5. The number of benzene rings is 1. The number of unbranched alkanes of at least 4 members (excludes halogenated alkanes) is 3. The highest BCUT2D eigenvalue weighted by Gasteiger charge is 2.76. The molecule has 3 fully saturated rings. The Morgan fingerprint density at radius 1 is 1.26 bits per heavy atom. The number of likely N-dealkylation sites (tertiary alicyclic amines) is 1. The number of aliphatic hydroxyl groups excluding tert-OH is 1. The number of carboxylic acid groups (broad SMARTS) is 1. The number of aliphatic hydroxyl groups is 1. The third-order valence-corrected chi connectivity index (χ3v) is 10.8. The molecule has 3 unspecified atom stereocenters. The van der Waals surface area contributed by atoms with Crippen LogP contribution in [-0.2, 0) is 14.4 Å². The minimum Gasteiger partial charge on any atom is -0.481 e. The van der Waals surface area contributed by atoms with Gasteiger partial charge in [-0.05, 0) is 43.5 Å². The zero-order valence-electron chi connectivity index (χ0n) is 19.3. The van der Waals surface area contributed by atoms with Crippen LogP contribution in [0.3, 0.4) is 0 Å². The third kappa shape index (κ3) is 4.65. The molecule has 2 bridgehead atoms. The molecule has 3 aliphatic rings. The van der Waals surface area contributed by atoms with Gasteiger partial charge >= 0.3 is 5.97 Å². The van der Waals surface area contributed by atoms with E-state index >= 15 is 0 Å². The van der Waals surface area contributed by atoms with Crippen LogP contribution in [0.4, 0.5) is 5.69 Å². The number of alkyl halides is 1. The minimum absolute atomic E-state index is 0.0826. The Morgan fingerprint density at radius 3 is 2.57 bits per heavy atom. The first-order valence-electron chi connectivity index (χ1n) is 11.9. The Balaban J connectivity index is 1.71. The quantitative estimate of drug-likeness (QED) is 0.232. The summed E-state index contributed by atoms with van der Waals surface area (Å²) in [5.41, 5.74) is 0.650. The Labute approximate surface area is 223 Å². The van der Waals surface area contributed by atoms with E-state index in [9.17, 15) is 19.5 Å². The van der Waals surface area contributed by atoms with Crippen LogP contribution in [0.25, 0.3) is 0 Å². The molecule has 0 aliphatic carbocycles. The lowest BCUT2D eigenvalue weighted by molar-refractivity contribution is -0.148. The lowest BCUT2D eigenvalue weighted by atomic mass is 9.71. The van der Waals surface area contributed by atoms with Gasteiger partial charge in [-0.15, -0.1) is 18.3 Å². The van der Waals surface area contributed by atoms with Crippen molar-refractivity contribution < 1.29 is 24.6 Å². The largest absolute Gasteiger partial charge is 0.481 e. The number of fused-ring (bicyclic) bond motifs is 1. The molecule has 10 heteroatoms. The Bertz CT molecular complexity index is 995. The van der Waals surface area contributed by atoms with Gasteiger partial charge in [0.2, 0.25) is 5.91 Å². The molecule has 2 N–H and O–H groups in total. The van der Waals surface area contributed by atoms with Crippen LogP contribution < -0.4 is 4.90 Å². The predicted octanol–water partition coefficient (Wildman–Crippen LogP) is 3.96. The van der Waals surface area contributed by atoms with Crippen molar-refractivity contribution in [3.8, 4) is 0 Å². The maximum atomic E-state index is 14.3. The van der Waals surface area contributed by atoms with E-state index in [4.69, 9.17) is 16.7 Å². The number of carbonyl (C=O) groups is 3. The molecule has 6 atom stereocenters. The number of thioether (sulfide) groups is 1. The topological polar surface area (TPSA) is 98.2 Å². The number of hydrogen-bond donors (Lipinski definition) is 2. The molecule has 3 heterocycles. The summed E-state index contributed by atoms with van der Waals surface area (Å²) in [5, 5.41) is 19.4. The van der Waals surface area contributed by atoms with E-state index in [-0.39, 0.29) is 35.0 Å². The summed E-state index contributed by atoms with van der Waals surface area (Å²) < 4.78 is -0.799. The lowest BCUT2D eigenvalue weighted by Gasteiger charge is -2.37. The first-order valence-corrected chi connectivity index (χ1v) is 14.1. The third-order valence-electron chi connectivity index (χ3n) is 7.33. The van der Waals surface area contributed by atoms with Crippen molar-refractivity contribution in [1.29, 1.82) is 0 Å². The number of anilines is 1. The highest BCUT2D eigenvalue weighted by molar-refractivity contribution is 9.09. The number of amides is 2. The second-order valence-corrected chi connectivity index (χ2v) is 12.5. The maximum Gasteiger partial charge on any atom is 0.308 e. The SMILES string of the molecule is C=CCN(C(=O)C1N(CCCCCCO)C(=O)[C@@H]2[C@@H](C(=O)O)[C@@H]3SC12CC3Br)c1ccc(Cl)cc1. The van der Waals surface area contributed by atoms with Crippen LogP contribution in [0.2, 0.25) is 5.02 Å². The highest BCUT2D eigenvalue weighted by Crippen LogP contribution is 2.67. The zero-order chi connectivity index (χ0) is 25.3. The van der Waals surface area contributed by atoms with E-state index in [2.05, 4.69) is 22.5 Å². The molecule has 1 spiro atoms. The molecule has 1 aromatic rings. The van der Waals surface area contributed by atoms with Gasteiger partial charge in [0.05, 0.1) is 16.6 Å². The molecule has 7 nitrogen and oxygen atoms in total. The summed E-state index contributed by atoms with van der Waals surface area (Å²) >= 11 is 11.2. The molecule has 2 amide bonds. The summed E-state index contributed by atoms with van der Waals surface area (Å²) in [7, 11) is 0. The van der Waals surface area contributed by atoms with Gasteiger partial charge in [-0.3, -0.25) is 14.4 Å². The van der Waals surface area contributed by atoms with Gasteiger partial charge in [-0.1, -0.05) is 46.4 Å². The number of carboxylic acids is 1. The van der Waals surface area contributed by atoms with Gasteiger partial charge in [0.25, 0.3) is 5.91 Å². The molecular formula is C25H30BrClN2O5S. The number of nitrogens with zero attached hydrogens (tertiary/aromatic N) is 2. The summed E-state index contributed by atoms with van der Waals surface area (Å²) in [6, 6.07) is 6.19. The van der Waals surface area contributed by atoms with Gasteiger partial charge < -0.3 is 20.0 Å². The molecule has 3 saturated heterocycles. The molecular weight excluding hydrogens is 556 g/mol. The van der Waals surface area contributed by atoms with E-state index in [1.165, 1.54) is 11.8 Å². The first kappa shape index (κ1) is 26.5. The number of hydrogen-bond acceptors (Lipinski definition) is 5. The number of rotatable bonds is 11. The summed E-state index contributed by atoms with van der Waals surface area (Å²) in [5.74, 6) is -3.00. The molecule has 35 heavy (non-hydrogen) atoms. The Kier molecular flexibility index (Phi) is 8.20. The van der Waals surface area contributed by atoms with Gasteiger partial charge in [0, 0.05) is 40.5 Å². The number of carbonyl (C=O) groups excluding carboxylic acids is 2. The van der Waals surface area contributed by atoms with E-state index in [1.54, 1.807) is 40.1 Å². The average Bonchev–Trinajstić information content (AvgIpc) is 3.41. The van der Waals surface area contributed by atoms with Gasteiger partial charge in [0.15, 0.2) is 0 Å². The molecule has 190 valence electrons. The van der Waals surface area contributed by atoms with E-state index in [0.29, 0.717) is 36.5 Å². The van der Waals surface area contributed by atoms with Crippen LogP contribution in [-0.4, -0.2) is 73.5 Å². The fourth-order valence-electron chi connectivity index (χ4n) is 5.90. The first-order chi connectivity index (χ1) is 16.8. The summed E-state index contributed by atoms with van der Waals surface area (Å²) in [6.45, 7) is 4.57. The number of halogens is 2. The van der Waals surface area contributed by atoms with E-state index < -0.39 is 28.6 Å². The van der Waals surface area contributed by atoms with Crippen molar-refractivity contribution >= 4 is 62.8 Å². The maximum absolute atomic E-state index is 14.3. The van der Waals surface area contributed by atoms with E-state index in [0.717, 1.165) is 12.8 Å². The van der Waals surface area contributed by atoms with Crippen molar-refractivity contribution in [2.24, 2.45) is 11.8 Å². The Hall–Kier alpha value is -1.55. The minimum atomic E-state index is -0.983. The second kappa shape index (κ2) is 10.8. The Morgan fingerprint density at radius 2 is 1.94 bits per heavy atom. The number of aliphatic carboxylic acids is 1. The standard InChI is InChI=1S/C25H30BrClN2O5S/c1-2-11-28(16-9-7-15(27)8-10-16)23(32)21-25-14-17(26)20(35-25)18(24(33)34)19(25)22(31)29(21)12-5-3-4-6-13-30/h2,7-10,17-21,30H,1,3-6,11-14H2,(H,33,34)/t17?,18-,19+,20-,21?,25?/m1/s1. The van der Waals surface area contributed by atoms with Gasteiger partial charge in [-0.2, -0.15) is 0 Å². The van der Waals surface area contributed by atoms with Gasteiger partial charge in [0.1, 0.15) is 6.04 Å². The normalized spacial score (nSPS) is 31.0. The van der Waals surface area contributed by atoms with Crippen LogP contribution in [0.5, 0.6) is 0 Å². The summed E-state index contributed by atoms with van der Waals surface area (Å²) in [4.78, 5) is 43.5. The van der Waals surface area contributed by atoms with Crippen molar-refractivity contribution in [3.05, 3.63) is 41.9 Å². The smallest absolute Gasteiger partial charge is 0.308 e. The molecule has 0 saturated carbocycles.